The molecule has 0 aliphatic heterocycles. The molecule has 3 aromatic rings. The Bertz CT molecular complexity index is 1360. The van der Waals surface area contributed by atoms with Crippen LogP contribution in [0, 0.1) is 5.92 Å². The van der Waals surface area contributed by atoms with Gasteiger partial charge in [-0.1, -0.05) is 82.7 Å². The number of unbranched alkanes of at least 4 members (excludes halogenated alkanes) is 1. The second-order valence-corrected chi connectivity index (χ2v) is 12.6. The zero-order chi connectivity index (χ0) is 28.4. The van der Waals surface area contributed by atoms with E-state index in [1.165, 1.54) is 12.7 Å². The number of nitrogens with one attached hydrogen (secondary N) is 1. The van der Waals surface area contributed by atoms with E-state index in [1.807, 2.05) is 18.2 Å². The second-order valence-electron chi connectivity index (χ2n) is 10.0. The molecular weight excluding hydrogens is 590 g/mol. The molecule has 4 rings (SSSR count). The third-order valence-electron chi connectivity index (χ3n) is 7.27. The molecule has 0 unspecified atom stereocenters. The topological polar surface area (TPSA) is 81.7 Å². The van der Waals surface area contributed by atoms with Crippen LogP contribution in [0.5, 0.6) is 0 Å². The second kappa shape index (κ2) is 14.7. The predicted octanol–water partition coefficient (Wildman–Crippen LogP) is 7.05. The van der Waals surface area contributed by atoms with Gasteiger partial charge in [0, 0.05) is 22.9 Å². The fraction of sp³-hybridized carbons (Fsp3) is 0.344. The lowest BCUT2D eigenvalue weighted by Crippen LogP contribution is -2.39. The average Bonchev–Trinajstić information content (AvgIpc) is 3.34. The van der Waals surface area contributed by atoms with Crippen molar-refractivity contribution in [2.24, 2.45) is 5.92 Å². The van der Waals surface area contributed by atoms with Crippen LogP contribution in [-0.2, 0) is 30.9 Å². The van der Waals surface area contributed by atoms with Crippen molar-refractivity contribution < 1.29 is 22.7 Å². The van der Waals surface area contributed by atoms with E-state index in [2.05, 4.69) is 69.2 Å². The highest BCUT2D eigenvalue weighted by Gasteiger charge is 2.38. The Morgan fingerprint density at radius 1 is 0.950 bits per heavy atom. The van der Waals surface area contributed by atoms with Crippen LogP contribution in [-0.4, -0.2) is 33.6 Å². The molecule has 8 heteroatoms. The third kappa shape index (κ3) is 8.61. The molecule has 0 aromatic heterocycles. The maximum absolute atomic E-state index is 13.2. The Morgan fingerprint density at radius 2 is 1.65 bits per heavy atom. The summed E-state index contributed by atoms with van der Waals surface area (Å²) in [5.41, 5.74) is 3.41. The summed E-state index contributed by atoms with van der Waals surface area (Å²) in [6.45, 7) is 0.464. The monoisotopic (exact) mass is 625 g/mol. The van der Waals surface area contributed by atoms with Crippen molar-refractivity contribution in [2.75, 3.05) is 7.11 Å². The molecule has 6 nitrogen and oxygen atoms in total. The molecule has 3 atom stereocenters. The standard InChI is InChI=1S/C32H36BrNO5S/c1-38-32(35)12-8-3-2-7-11-29-30(34-40(36,37)28-19-17-27(33)18-20-28)21-22-31(29)39-23-24-13-15-26(16-14-24)25-9-5-4-6-10-25/h2,4-7,9-10,13-20,29-31,34H,3,8,11-12,21-23H2,1H3/b7-2-/t29-,30+,31+/m1/s1. The lowest BCUT2D eigenvalue weighted by Gasteiger charge is -2.25. The summed E-state index contributed by atoms with van der Waals surface area (Å²) in [7, 11) is -2.27. The summed E-state index contributed by atoms with van der Waals surface area (Å²) < 4.78 is 41.2. The Labute approximate surface area is 246 Å². The van der Waals surface area contributed by atoms with Gasteiger partial charge in [-0.25, -0.2) is 13.1 Å². The Kier molecular flexibility index (Phi) is 11.1. The van der Waals surface area contributed by atoms with Gasteiger partial charge in [0.05, 0.1) is 24.7 Å². The van der Waals surface area contributed by atoms with Crippen LogP contribution in [0.3, 0.4) is 0 Å². The molecule has 0 radical (unpaired) electrons. The van der Waals surface area contributed by atoms with Crippen molar-refractivity contribution in [1.82, 2.24) is 4.72 Å². The number of carbonyl (C=O) groups is 1. The number of sulfonamides is 1. The molecule has 1 saturated carbocycles. The minimum absolute atomic E-state index is 0.00864. The highest BCUT2D eigenvalue weighted by molar-refractivity contribution is 9.10. The Hall–Kier alpha value is -2.78. The number of methoxy groups -OCH3 is 1. The molecule has 0 heterocycles. The van der Waals surface area contributed by atoms with Crippen LogP contribution in [0.1, 0.15) is 44.1 Å². The Balaban J connectivity index is 1.40. The van der Waals surface area contributed by atoms with Gasteiger partial charge >= 0.3 is 5.97 Å². The van der Waals surface area contributed by atoms with Gasteiger partial charge in [-0.2, -0.15) is 0 Å². The van der Waals surface area contributed by atoms with Crippen molar-refractivity contribution in [3.05, 3.63) is 101 Å². The molecule has 1 aliphatic carbocycles. The first kappa shape index (κ1) is 30.2. The summed E-state index contributed by atoms with van der Waals surface area (Å²) in [6.07, 6.45) is 8.08. The molecule has 0 bridgehead atoms. The van der Waals surface area contributed by atoms with Crippen LogP contribution in [0.15, 0.2) is 100 Å². The molecule has 1 aliphatic rings. The van der Waals surface area contributed by atoms with Gasteiger partial charge < -0.3 is 9.47 Å². The van der Waals surface area contributed by atoms with Crippen LogP contribution < -0.4 is 4.72 Å². The first-order chi connectivity index (χ1) is 19.4. The molecule has 0 amide bonds. The van der Waals surface area contributed by atoms with E-state index >= 15 is 0 Å². The number of halogens is 1. The number of esters is 1. The van der Waals surface area contributed by atoms with Crippen LogP contribution in [0.4, 0.5) is 0 Å². The first-order valence-electron chi connectivity index (χ1n) is 13.6. The number of allylic oxidation sites excluding steroid dienone is 2. The van der Waals surface area contributed by atoms with E-state index in [1.54, 1.807) is 24.3 Å². The molecule has 0 saturated heterocycles. The van der Waals surface area contributed by atoms with Gasteiger partial charge in [0.15, 0.2) is 0 Å². The van der Waals surface area contributed by atoms with E-state index < -0.39 is 10.0 Å². The van der Waals surface area contributed by atoms with E-state index in [4.69, 9.17) is 9.47 Å². The summed E-state index contributed by atoms with van der Waals surface area (Å²) in [4.78, 5) is 11.6. The van der Waals surface area contributed by atoms with Crippen LogP contribution in [0.2, 0.25) is 0 Å². The van der Waals surface area contributed by atoms with Crippen molar-refractivity contribution in [3.8, 4) is 11.1 Å². The van der Waals surface area contributed by atoms with Gasteiger partial charge in [0.1, 0.15) is 0 Å². The number of hydrogen-bond donors (Lipinski definition) is 1. The van der Waals surface area contributed by atoms with Gasteiger partial charge in [-0.05, 0) is 73.1 Å². The van der Waals surface area contributed by atoms with E-state index in [9.17, 15) is 13.2 Å². The molecular formula is C32H36BrNO5S. The van der Waals surface area contributed by atoms with Gasteiger partial charge in [0.25, 0.3) is 0 Å². The molecule has 212 valence electrons. The highest BCUT2D eigenvalue weighted by Crippen LogP contribution is 2.34. The van der Waals surface area contributed by atoms with Gasteiger partial charge in [-0.3, -0.25) is 4.79 Å². The number of benzene rings is 3. The summed E-state index contributed by atoms with van der Waals surface area (Å²) >= 11 is 3.36. The van der Waals surface area contributed by atoms with Crippen molar-refractivity contribution in [2.45, 2.75) is 62.2 Å². The molecule has 1 N–H and O–H groups in total. The zero-order valence-corrected chi connectivity index (χ0v) is 25.1. The van der Waals surface area contributed by atoms with Crippen molar-refractivity contribution in [3.63, 3.8) is 0 Å². The van der Waals surface area contributed by atoms with Crippen LogP contribution >= 0.6 is 15.9 Å². The van der Waals surface area contributed by atoms with Crippen molar-refractivity contribution in [1.29, 1.82) is 0 Å². The maximum atomic E-state index is 13.2. The summed E-state index contributed by atoms with van der Waals surface area (Å²) in [5, 5.41) is 0. The van der Waals surface area contributed by atoms with Gasteiger partial charge in [-0.15, -0.1) is 0 Å². The maximum Gasteiger partial charge on any atom is 0.305 e. The summed E-state index contributed by atoms with van der Waals surface area (Å²) in [5.74, 6) is -0.220. The first-order valence-corrected chi connectivity index (χ1v) is 15.9. The quantitative estimate of drug-likeness (QED) is 0.125. The summed E-state index contributed by atoms with van der Waals surface area (Å²) in [6, 6.07) is 25.0. The van der Waals surface area contributed by atoms with E-state index in [0.29, 0.717) is 32.3 Å². The number of rotatable bonds is 13. The zero-order valence-electron chi connectivity index (χ0n) is 22.7. The lowest BCUT2D eigenvalue weighted by molar-refractivity contribution is -0.140. The Morgan fingerprint density at radius 3 is 2.35 bits per heavy atom. The van der Waals surface area contributed by atoms with Crippen LogP contribution in [0.25, 0.3) is 11.1 Å². The normalized spacial score (nSPS) is 19.2. The predicted molar refractivity (Wildman–Crippen MR) is 161 cm³/mol. The fourth-order valence-corrected chi connectivity index (χ4v) is 6.63. The number of ether oxygens (including phenoxy) is 2. The number of hydrogen-bond acceptors (Lipinski definition) is 5. The average molecular weight is 627 g/mol. The third-order valence-corrected chi connectivity index (χ3v) is 9.30. The van der Waals surface area contributed by atoms with Crippen molar-refractivity contribution >= 4 is 31.9 Å². The number of carbonyl (C=O) groups excluding carboxylic acids is 1. The minimum atomic E-state index is -3.67. The van der Waals surface area contributed by atoms with E-state index in [0.717, 1.165) is 28.4 Å². The van der Waals surface area contributed by atoms with E-state index in [-0.39, 0.29) is 28.9 Å². The fourth-order valence-electron chi connectivity index (χ4n) is 5.05. The SMILES string of the molecule is COC(=O)CCC/C=C\C[C@@H]1[C@@H](NS(=O)(=O)c2ccc(Br)cc2)CC[C@@H]1OCc1ccc(-c2ccccc2)cc1. The molecule has 40 heavy (non-hydrogen) atoms. The highest BCUT2D eigenvalue weighted by atomic mass is 79.9. The van der Waals surface area contributed by atoms with Gasteiger partial charge in [0.2, 0.25) is 10.0 Å². The largest absolute Gasteiger partial charge is 0.469 e. The lowest BCUT2D eigenvalue weighted by atomic mass is 9.97. The molecule has 1 fully saturated rings. The smallest absolute Gasteiger partial charge is 0.305 e. The minimum Gasteiger partial charge on any atom is -0.469 e. The molecule has 0 spiro atoms. The molecule has 3 aromatic carbocycles.